The summed E-state index contributed by atoms with van der Waals surface area (Å²) in [7, 11) is 0. The molecule has 0 aliphatic rings. The van der Waals surface area contributed by atoms with Crippen LogP contribution < -0.4 is 22.5 Å². The number of pyridine rings is 2. The van der Waals surface area contributed by atoms with E-state index in [0.717, 1.165) is 22.4 Å². The highest BCUT2D eigenvalue weighted by Crippen LogP contribution is 2.23. The molecule has 0 bridgehead atoms. The largest absolute Gasteiger partial charge is 0.384 e. The van der Waals surface area contributed by atoms with Gasteiger partial charge >= 0.3 is 0 Å². The van der Waals surface area contributed by atoms with Crippen molar-refractivity contribution in [3.63, 3.8) is 0 Å². The predicted molar refractivity (Wildman–Crippen MR) is 134 cm³/mol. The molecular weight excluding hydrogens is 468 g/mol. The first kappa shape index (κ1) is 24.1. The number of fused-ring (bicyclic) bond motifs is 1. The van der Waals surface area contributed by atoms with E-state index in [2.05, 4.69) is 20.4 Å². The molecule has 0 atom stereocenters. The van der Waals surface area contributed by atoms with Crippen LogP contribution in [0.2, 0.25) is 5.02 Å². The molecule has 0 saturated heterocycles. The number of aryl methyl sites for hydroxylation is 2. The minimum absolute atomic E-state index is 0.0843. The zero-order valence-corrected chi connectivity index (χ0v) is 20.1. The third-order valence-electron chi connectivity index (χ3n) is 5.70. The van der Waals surface area contributed by atoms with Gasteiger partial charge in [0.15, 0.2) is 0 Å². The second-order valence-electron chi connectivity index (χ2n) is 8.23. The number of nitrogen functional groups attached to an aromatic ring is 1. The van der Waals surface area contributed by atoms with Crippen molar-refractivity contribution in [2.45, 2.75) is 33.5 Å². The van der Waals surface area contributed by atoms with Gasteiger partial charge in [0, 0.05) is 36.6 Å². The number of carbonyl (C=O) groups is 2. The number of hydrogen-bond acceptors (Lipinski definition) is 7. The summed E-state index contributed by atoms with van der Waals surface area (Å²) in [5, 5.41) is 8.49. The quantitative estimate of drug-likeness (QED) is 0.306. The molecule has 0 fully saturated rings. The Morgan fingerprint density at radius 2 is 1.91 bits per heavy atom. The van der Waals surface area contributed by atoms with Crippen molar-refractivity contribution in [1.82, 2.24) is 25.1 Å². The predicted octanol–water partition coefficient (Wildman–Crippen LogP) is 2.21. The highest BCUT2D eigenvalue weighted by atomic mass is 35.5. The molecule has 0 unspecified atom stereocenters. The van der Waals surface area contributed by atoms with Crippen LogP contribution in [0.5, 0.6) is 0 Å². The molecule has 0 radical (unpaired) electrons. The zero-order chi connectivity index (χ0) is 25.3. The highest BCUT2D eigenvalue weighted by molar-refractivity contribution is 6.31. The van der Waals surface area contributed by atoms with E-state index in [-0.39, 0.29) is 24.6 Å². The summed E-state index contributed by atoms with van der Waals surface area (Å²) in [4.78, 5) is 33.5. The van der Waals surface area contributed by atoms with Gasteiger partial charge in [-0.15, -0.1) is 0 Å². The van der Waals surface area contributed by atoms with Crippen LogP contribution in [0.3, 0.4) is 0 Å². The van der Waals surface area contributed by atoms with Crippen molar-refractivity contribution in [2.24, 2.45) is 11.5 Å². The molecule has 11 heteroatoms. The summed E-state index contributed by atoms with van der Waals surface area (Å²) in [5.74, 6) is -0.467. The van der Waals surface area contributed by atoms with Crippen LogP contribution in [0.4, 0.5) is 5.82 Å². The fourth-order valence-corrected chi connectivity index (χ4v) is 4.22. The molecule has 0 aliphatic carbocycles. The fraction of sp³-hybridized carbons (Fsp3) is 0.208. The molecule has 3 aromatic heterocycles. The van der Waals surface area contributed by atoms with E-state index in [1.807, 2.05) is 19.9 Å². The number of aromatic nitrogens is 4. The third kappa shape index (κ3) is 5.08. The van der Waals surface area contributed by atoms with Crippen molar-refractivity contribution in [1.29, 1.82) is 0 Å². The molecule has 4 aromatic rings. The Balaban J connectivity index is 1.59. The van der Waals surface area contributed by atoms with E-state index in [0.29, 0.717) is 39.5 Å². The lowest BCUT2D eigenvalue weighted by atomic mass is 10.0. The van der Waals surface area contributed by atoms with Gasteiger partial charge in [0.1, 0.15) is 5.82 Å². The molecule has 0 spiro atoms. The van der Waals surface area contributed by atoms with Crippen LogP contribution in [-0.2, 0) is 19.6 Å². The number of hydrogen-bond donors (Lipinski definition) is 4. The maximum Gasteiger partial charge on any atom is 0.255 e. The molecule has 4 rings (SSSR count). The summed E-state index contributed by atoms with van der Waals surface area (Å²) in [6.07, 6.45) is 3.09. The van der Waals surface area contributed by atoms with Crippen molar-refractivity contribution < 1.29 is 9.59 Å². The second-order valence-corrected chi connectivity index (χ2v) is 8.67. The van der Waals surface area contributed by atoms with Crippen molar-refractivity contribution in [2.75, 3.05) is 5.73 Å². The Labute approximate surface area is 206 Å². The van der Waals surface area contributed by atoms with E-state index in [4.69, 9.17) is 28.8 Å². The van der Waals surface area contributed by atoms with Crippen LogP contribution in [0.1, 0.15) is 48.8 Å². The van der Waals surface area contributed by atoms with E-state index in [1.165, 1.54) is 6.20 Å². The number of nitrogens with two attached hydrogens (primary N) is 3. The standard InChI is InChI=1S/C24H25ClN8O2/c1-12-3-21(27)31-13(2)18(12)9-30-24(35)19-11-33(32-20(19)7-26)10-14-4-15-6-16(25)8-29-22(15)17(5-14)23(28)34/h3-6,8,11H,7,9-10,26H2,1-2H3,(H2,27,31)(H2,28,34)(H,30,35). The van der Waals surface area contributed by atoms with E-state index in [1.54, 1.807) is 29.1 Å². The first-order valence-corrected chi connectivity index (χ1v) is 11.2. The van der Waals surface area contributed by atoms with Gasteiger partial charge in [0.05, 0.1) is 33.9 Å². The number of nitrogens with one attached hydrogen (secondary N) is 1. The Morgan fingerprint density at radius 3 is 2.60 bits per heavy atom. The minimum Gasteiger partial charge on any atom is -0.384 e. The maximum atomic E-state index is 13.0. The third-order valence-corrected chi connectivity index (χ3v) is 5.90. The zero-order valence-electron chi connectivity index (χ0n) is 19.3. The Morgan fingerprint density at radius 1 is 1.14 bits per heavy atom. The van der Waals surface area contributed by atoms with Crippen molar-refractivity contribution in [3.05, 3.63) is 80.9 Å². The lowest BCUT2D eigenvalue weighted by Crippen LogP contribution is -2.25. The molecule has 10 nitrogen and oxygen atoms in total. The molecule has 35 heavy (non-hydrogen) atoms. The lowest BCUT2D eigenvalue weighted by Gasteiger charge is -2.11. The fourth-order valence-electron chi connectivity index (χ4n) is 4.05. The van der Waals surface area contributed by atoms with Crippen LogP contribution in [0.25, 0.3) is 10.9 Å². The number of halogens is 1. The Bertz CT molecular complexity index is 1440. The first-order valence-electron chi connectivity index (χ1n) is 10.8. The Hall–Kier alpha value is -4.02. The van der Waals surface area contributed by atoms with Gasteiger partial charge in [-0.3, -0.25) is 19.3 Å². The summed E-state index contributed by atoms with van der Waals surface area (Å²) in [5.41, 5.74) is 22.1. The SMILES string of the molecule is Cc1cc(N)nc(C)c1CNC(=O)c1cn(Cc2cc(C(N)=O)c3ncc(Cl)cc3c2)nc1CN. The molecule has 0 saturated carbocycles. The van der Waals surface area contributed by atoms with Gasteiger partial charge in [0.25, 0.3) is 11.8 Å². The number of rotatable bonds is 7. The number of primary amides is 1. The number of amides is 2. The van der Waals surface area contributed by atoms with Gasteiger partial charge in [-0.2, -0.15) is 5.10 Å². The monoisotopic (exact) mass is 492 g/mol. The smallest absolute Gasteiger partial charge is 0.255 e. The lowest BCUT2D eigenvalue weighted by molar-refractivity contribution is 0.0948. The summed E-state index contributed by atoms with van der Waals surface area (Å²) < 4.78 is 1.60. The normalized spacial score (nSPS) is 11.1. The maximum absolute atomic E-state index is 13.0. The number of benzene rings is 1. The van der Waals surface area contributed by atoms with Gasteiger partial charge in [-0.1, -0.05) is 11.6 Å². The first-order chi connectivity index (χ1) is 16.7. The van der Waals surface area contributed by atoms with Crippen LogP contribution in [0, 0.1) is 13.8 Å². The number of carbonyl (C=O) groups excluding carboxylic acids is 2. The van der Waals surface area contributed by atoms with Crippen LogP contribution >= 0.6 is 11.6 Å². The highest BCUT2D eigenvalue weighted by Gasteiger charge is 2.18. The number of nitrogens with zero attached hydrogens (tertiary/aromatic N) is 4. The molecule has 1 aromatic carbocycles. The van der Waals surface area contributed by atoms with Gasteiger partial charge in [-0.05, 0) is 54.8 Å². The van der Waals surface area contributed by atoms with Gasteiger partial charge in [0.2, 0.25) is 0 Å². The summed E-state index contributed by atoms with van der Waals surface area (Å²) in [6.45, 7) is 4.42. The van der Waals surface area contributed by atoms with E-state index < -0.39 is 5.91 Å². The summed E-state index contributed by atoms with van der Waals surface area (Å²) >= 11 is 6.08. The molecule has 2 amide bonds. The van der Waals surface area contributed by atoms with Gasteiger partial charge < -0.3 is 22.5 Å². The topological polar surface area (TPSA) is 168 Å². The van der Waals surface area contributed by atoms with Crippen molar-refractivity contribution in [3.8, 4) is 0 Å². The molecule has 7 N–H and O–H groups in total. The summed E-state index contributed by atoms with van der Waals surface area (Å²) in [6, 6.07) is 6.99. The minimum atomic E-state index is -0.599. The average molecular weight is 493 g/mol. The second kappa shape index (κ2) is 9.69. The molecule has 180 valence electrons. The van der Waals surface area contributed by atoms with E-state index in [9.17, 15) is 9.59 Å². The van der Waals surface area contributed by atoms with Crippen LogP contribution in [0.15, 0.2) is 36.7 Å². The van der Waals surface area contributed by atoms with Crippen LogP contribution in [-0.4, -0.2) is 31.6 Å². The Kier molecular flexibility index (Phi) is 6.68. The molecular formula is C24H25ClN8O2. The van der Waals surface area contributed by atoms with Gasteiger partial charge in [-0.25, -0.2) is 4.98 Å². The molecule has 3 heterocycles. The average Bonchev–Trinajstić information content (AvgIpc) is 3.20. The molecule has 0 aliphatic heterocycles. The number of anilines is 1. The van der Waals surface area contributed by atoms with E-state index >= 15 is 0 Å². The van der Waals surface area contributed by atoms with Crippen molar-refractivity contribution >= 4 is 40.1 Å².